The summed E-state index contributed by atoms with van der Waals surface area (Å²) in [6.07, 6.45) is 0.173. The number of amides is 1. The molecule has 2 aromatic carbocycles. The van der Waals surface area contributed by atoms with Gasteiger partial charge in [-0.1, -0.05) is 29.8 Å². The topological polar surface area (TPSA) is 72.7 Å². The van der Waals surface area contributed by atoms with E-state index in [1.54, 1.807) is 16.8 Å². The van der Waals surface area contributed by atoms with Gasteiger partial charge in [0.1, 0.15) is 5.82 Å². The molecule has 0 bridgehead atoms. The molecule has 6 nitrogen and oxygen atoms in total. The van der Waals surface area contributed by atoms with Crippen molar-refractivity contribution in [1.82, 2.24) is 25.5 Å². The fourth-order valence-corrected chi connectivity index (χ4v) is 2.23. The highest BCUT2D eigenvalue weighted by atomic mass is 19.1. The molecule has 0 aliphatic heterocycles. The Kier molecular flexibility index (Phi) is 4.60. The fraction of sp³-hybridized carbons (Fsp3) is 0.176. The number of halogens is 1. The molecule has 0 aliphatic rings. The monoisotopic (exact) mass is 325 g/mol. The number of nitrogens with one attached hydrogen (secondary N) is 1. The predicted octanol–water partition coefficient (Wildman–Crippen LogP) is 1.97. The molecule has 0 unspecified atom stereocenters. The minimum absolute atomic E-state index is 0.173. The highest BCUT2D eigenvalue weighted by molar-refractivity contribution is 5.78. The molecule has 3 aromatic rings. The average Bonchev–Trinajstić information content (AvgIpc) is 3.04. The Hall–Kier alpha value is -3.09. The van der Waals surface area contributed by atoms with Crippen LogP contribution in [0.15, 0.2) is 48.5 Å². The summed E-state index contributed by atoms with van der Waals surface area (Å²) in [5.41, 5.74) is 2.71. The third-order valence-electron chi connectivity index (χ3n) is 3.53. The first kappa shape index (κ1) is 15.8. The van der Waals surface area contributed by atoms with Crippen molar-refractivity contribution in [2.45, 2.75) is 19.9 Å². The van der Waals surface area contributed by atoms with E-state index in [2.05, 4.69) is 20.8 Å². The lowest BCUT2D eigenvalue weighted by molar-refractivity contribution is -0.120. The lowest BCUT2D eigenvalue weighted by Crippen LogP contribution is -2.26. The number of tetrazole rings is 1. The summed E-state index contributed by atoms with van der Waals surface area (Å²) in [4.78, 5) is 12.0. The third kappa shape index (κ3) is 3.81. The van der Waals surface area contributed by atoms with Gasteiger partial charge in [0.05, 0.1) is 18.7 Å². The molecular formula is C17H16FN5O. The summed E-state index contributed by atoms with van der Waals surface area (Å²) in [5.74, 6) is 0.0304. The van der Waals surface area contributed by atoms with Crippen LogP contribution < -0.4 is 5.32 Å². The molecule has 24 heavy (non-hydrogen) atoms. The van der Waals surface area contributed by atoms with Crippen LogP contribution in [0, 0.1) is 12.7 Å². The number of hydrogen-bond donors (Lipinski definition) is 1. The van der Waals surface area contributed by atoms with Gasteiger partial charge in [0.15, 0.2) is 5.82 Å². The summed E-state index contributed by atoms with van der Waals surface area (Å²) in [7, 11) is 0. The molecule has 0 atom stereocenters. The molecule has 0 spiro atoms. The maximum atomic E-state index is 12.9. The zero-order chi connectivity index (χ0) is 16.9. The molecule has 0 radical (unpaired) electrons. The maximum absolute atomic E-state index is 12.9. The summed E-state index contributed by atoms with van der Waals surface area (Å²) < 4.78 is 14.4. The van der Waals surface area contributed by atoms with Crippen LogP contribution in [-0.2, 0) is 17.8 Å². The van der Waals surface area contributed by atoms with E-state index in [1.807, 2.05) is 31.2 Å². The standard InChI is InChI=1S/C17H16FN5O/c1-12-2-8-15(9-3-12)23-16(20-21-22-23)11-19-17(24)10-13-4-6-14(18)7-5-13/h2-9H,10-11H2,1H3,(H,19,24). The lowest BCUT2D eigenvalue weighted by Gasteiger charge is -2.07. The largest absolute Gasteiger partial charge is 0.348 e. The number of nitrogens with zero attached hydrogens (tertiary/aromatic N) is 4. The van der Waals surface area contributed by atoms with Gasteiger partial charge in [0.25, 0.3) is 0 Å². The molecule has 3 rings (SSSR count). The molecule has 1 N–H and O–H groups in total. The van der Waals surface area contributed by atoms with Crippen LogP contribution in [0.5, 0.6) is 0 Å². The van der Waals surface area contributed by atoms with E-state index in [0.717, 1.165) is 16.8 Å². The van der Waals surface area contributed by atoms with Crippen LogP contribution in [0.1, 0.15) is 17.0 Å². The van der Waals surface area contributed by atoms with Gasteiger partial charge in [-0.3, -0.25) is 4.79 Å². The van der Waals surface area contributed by atoms with Crippen LogP contribution >= 0.6 is 0 Å². The van der Waals surface area contributed by atoms with Gasteiger partial charge in [0.2, 0.25) is 5.91 Å². The molecule has 1 amide bonds. The summed E-state index contributed by atoms with van der Waals surface area (Å²) >= 11 is 0. The Morgan fingerprint density at radius 3 is 2.54 bits per heavy atom. The molecule has 7 heteroatoms. The van der Waals surface area contributed by atoms with Crippen molar-refractivity contribution in [3.63, 3.8) is 0 Å². The number of aromatic nitrogens is 4. The molecule has 122 valence electrons. The van der Waals surface area contributed by atoms with Gasteiger partial charge in [-0.15, -0.1) is 5.10 Å². The maximum Gasteiger partial charge on any atom is 0.224 e. The summed E-state index contributed by atoms with van der Waals surface area (Å²) in [5, 5.41) is 14.3. The zero-order valence-corrected chi connectivity index (χ0v) is 13.1. The first-order chi connectivity index (χ1) is 11.6. The van der Waals surface area contributed by atoms with Crippen molar-refractivity contribution in [1.29, 1.82) is 0 Å². The Balaban J connectivity index is 1.63. The van der Waals surface area contributed by atoms with Crippen LogP contribution in [0.3, 0.4) is 0 Å². The van der Waals surface area contributed by atoms with E-state index < -0.39 is 0 Å². The van der Waals surface area contributed by atoms with Gasteiger partial charge in [-0.25, -0.2) is 4.39 Å². The minimum Gasteiger partial charge on any atom is -0.348 e. The van der Waals surface area contributed by atoms with Gasteiger partial charge in [0, 0.05) is 0 Å². The van der Waals surface area contributed by atoms with Crippen molar-refractivity contribution in [3.8, 4) is 5.69 Å². The molecular weight excluding hydrogens is 309 g/mol. The predicted molar refractivity (Wildman–Crippen MR) is 85.8 cm³/mol. The fourth-order valence-electron chi connectivity index (χ4n) is 2.23. The second-order valence-corrected chi connectivity index (χ2v) is 5.42. The first-order valence-corrected chi connectivity index (χ1v) is 7.47. The number of benzene rings is 2. The molecule has 1 aromatic heterocycles. The van der Waals surface area contributed by atoms with E-state index in [1.165, 1.54) is 12.1 Å². The number of carbonyl (C=O) groups excluding carboxylic acids is 1. The van der Waals surface area contributed by atoms with Crippen molar-refractivity contribution in [2.24, 2.45) is 0 Å². The quantitative estimate of drug-likeness (QED) is 0.778. The van der Waals surface area contributed by atoms with Gasteiger partial charge in [-0.05, 0) is 47.2 Å². The molecule has 0 saturated heterocycles. The van der Waals surface area contributed by atoms with E-state index in [0.29, 0.717) is 5.82 Å². The van der Waals surface area contributed by atoms with E-state index in [-0.39, 0.29) is 24.7 Å². The van der Waals surface area contributed by atoms with Gasteiger partial charge < -0.3 is 5.32 Å². The molecule has 0 fully saturated rings. The highest BCUT2D eigenvalue weighted by Crippen LogP contribution is 2.09. The van der Waals surface area contributed by atoms with Gasteiger partial charge >= 0.3 is 0 Å². The van der Waals surface area contributed by atoms with Crippen LogP contribution in [0.25, 0.3) is 5.69 Å². The minimum atomic E-state index is -0.323. The molecule has 0 aliphatic carbocycles. The molecule has 0 saturated carbocycles. The van der Waals surface area contributed by atoms with E-state index >= 15 is 0 Å². The zero-order valence-electron chi connectivity index (χ0n) is 13.1. The first-order valence-electron chi connectivity index (χ1n) is 7.47. The smallest absolute Gasteiger partial charge is 0.224 e. The summed E-state index contributed by atoms with van der Waals surface area (Å²) in [6, 6.07) is 13.6. The Morgan fingerprint density at radius 1 is 1.12 bits per heavy atom. The number of hydrogen-bond acceptors (Lipinski definition) is 4. The average molecular weight is 325 g/mol. The Labute approximate surface area is 138 Å². The highest BCUT2D eigenvalue weighted by Gasteiger charge is 2.10. The van der Waals surface area contributed by atoms with Crippen molar-refractivity contribution in [2.75, 3.05) is 0 Å². The van der Waals surface area contributed by atoms with Crippen molar-refractivity contribution in [3.05, 3.63) is 71.3 Å². The van der Waals surface area contributed by atoms with E-state index in [4.69, 9.17) is 0 Å². The van der Waals surface area contributed by atoms with Crippen LogP contribution in [0.4, 0.5) is 4.39 Å². The Morgan fingerprint density at radius 2 is 1.83 bits per heavy atom. The SMILES string of the molecule is Cc1ccc(-n2nnnc2CNC(=O)Cc2ccc(F)cc2)cc1. The summed E-state index contributed by atoms with van der Waals surface area (Å²) in [6.45, 7) is 2.21. The van der Waals surface area contributed by atoms with Crippen LogP contribution in [0.2, 0.25) is 0 Å². The second-order valence-electron chi connectivity index (χ2n) is 5.42. The number of rotatable bonds is 5. The second kappa shape index (κ2) is 6.99. The molecule has 1 heterocycles. The number of aryl methyl sites for hydroxylation is 1. The Bertz CT molecular complexity index is 827. The van der Waals surface area contributed by atoms with Crippen molar-refractivity contribution < 1.29 is 9.18 Å². The lowest BCUT2D eigenvalue weighted by atomic mass is 10.1. The van der Waals surface area contributed by atoms with Crippen LogP contribution in [-0.4, -0.2) is 26.1 Å². The van der Waals surface area contributed by atoms with Crippen molar-refractivity contribution >= 4 is 5.91 Å². The van der Waals surface area contributed by atoms with Gasteiger partial charge in [-0.2, -0.15) is 4.68 Å². The number of carbonyl (C=O) groups is 1. The normalized spacial score (nSPS) is 10.6. The van der Waals surface area contributed by atoms with E-state index in [9.17, 15) is 9.18 Å². The third-order valence-corrected chi connectivity index (χ3v) is 3.53.